The molecule has 2 nitrogen and oxygen atoms in total. The molecule has 0 spiro atoms. The maximum Gasteiger partial charge on any atom is 0.0497 e. The van der Waals surface area contributed by atoms with E-state index in [0.29, 0.717) is 18.0 Å². The van der Waals surface area contributed by atoms with Crippen molar-refractivity contribution >= 4 is 11.8 Å². The van der Waals surface area contributed by atoms with E-state index in [1.807, 2.05) is 11.8 Å². The van der Waals surface area contributed by atoms with Crippen LogP contribution in [-0.4, -0.2) is 17.8 Å². The summed E-state index contributed by atoms with van der Waals surface area (Å²) in [5.41, 5.74) is 1.44. The van der Waals surface area contributed by atoms with Gasteiger partial charge in [-0.2, -0.15) is 0 Å². The molecule has 80 valence electrons. The Morgan fingerprint density at radius 3 is 3.00 bits per heavy atom. The number of hydrogen-bond donors (Lipinski definition) is 2. The number of rotatable bonds is 2. The second-order valence-electron chi connectivity index (χ2n) is 4.33. The summed E-state index contributed by atoms with van der Waals surface area (Å²) in [4.78, 5) is 0. The average Bonchev–Trinajstić information content (AvgIpc) is 3.02. The van der Waals surface area contributed by atoms with E-state index in [2.05, 4.69) is 40.5 Å². The van der Waals surface area contributed by atoms with E-state index in [9.17, 15) is 0 Å². The minimum absolute atomic E-state index is 0.592. The topological polar surface area (TPSA) is 24.1 Å². The van der Waals surface area contributed by atoms with Gasteiger partial charge in [0.15, 0.2) is 0 Å². The van der Waals surface area contributed by atoms with E-state index in [4.69, 9.17) is 0 Å². The highest BCUT2D eigenvalue weighted by Crippen LogP contribution is 2.29. The molecule has 3 aliphatic heterocycles. The van der Waals surface area contributed by atoms with Gasteiger partial charge in [0, 0.05) is 29.5 Å². The Bertz CT molecular complexity index is 325. The third kappa shape index (κ3) is 1.81. The van der Waals surface area contributed by atoms with Crippen molar-refractivity contribution in [1.82, 2.24) is 10.6 Å². The molecule has 0 saturated heterocycles. The highest BCUT2D eigenvalue weighted by molar-refractivity contribution is 8.02. The van der Waals surface area contributed by atoms with Crippen molar-refractivity contribution in [2.75, 3.05) is 5.75 Å². The number of hydrogen-bond acceptors (Lipinski definition) is 3. The van der Waals surface area contributed by atoms with Crippen molar-refractivity contribution in [1.29, 1.82) is 0 Å². The minimum Gasteiger partial charge on any atom is -0.386 e. The van der Waals surface area contributed by atoms with E-state index in [-0.39, 0.29) is 0 Å². The van der Waals surface area contributed by atoms with Gasteiger partial charge >= 0.3 is 0 Å². The number of nitrogens with one attached hydrogen (secondary N) is 2. The Morgan fingerprint density at radius 2 is 2.27 bits per heavy atom. The van der Waals surface area contributed by atoms with Crippen molar-refractivity contribution in [3.05, 3.63) is 35.5 Å². The molecular weight excluding hydrogens is 204 g/mol. The van der Waals surface area contributed by atoms with Gasteiger partial charge in [-0.1, -0.05) is 18.2 Å². The molecule has 0 saturated carbocycles. The summed E-state index contributed by atoms with van der Waals surface area (Å²) in [7, 11) is 0. The molecule has 3 aliphatic rings. The standard InChI is InChI=1S/C12H16N2S/c1-2-11(13-6-1)12-4-3-10(14-12)9-5-7-15-8-9/h1,3,5-7,9,11-14H,2,4,8H2. The fraction of sp³-hybridized carbons (Fsp3) is 0.500. The van der Waals surface area contributed by atoms with Crippen LogP contribution in [0.15, 0.2) is 35.5 Å². The van der Waals surface area contributed by atoms with E-state index in [1.165, 1.54) is 17.9 Å². The zero-order chi connectivity index (χ0) is 10.1. The zero-order valence-electron chi connectivity index (χ0n) is 8.65. The molecule has 0 aromatic heterocycles. The van der Waals surface area contributed by atoms with Crippen molar-refractivity contribution in [2.24, 2.45) is 5.92 Å². The molecule has 3 unspecified atom stereocenters. The van der Waals surface area contributed by atoms with Gasteiger partial charge in [0.1, 0.15) is 0 Å². The van der Waals surface area contributed by atoms with Crippen molar-refractivity contribution in [3.8, 4) is 0 Å². The van der Waals surface area contributed by atoms with Gasteiger partial charge < -0.3 is 10.6 Å². The zero-order valence-corrected chi connectivity index (χ0v) is 9.46. The van der Waals surface area contributed by atoms with Gasteiger partial charge in [-0.15, -0.1) is 11.8 Å². The van der Waals surface area contributed by atoms with Gasteiger partial charge in [0.25, 0.3) is 0 Å². The quantitative estimate of drug-likeness (QED) is 0.744. The Kier molecular flexibility index (Phi) is 2.49. The Labute approximate surface area is 94.9 Å². The molecule has 3 heterocycles. The molecule has 0 aromatic carbocycles. The summed E-state index contributed by atoms with van der Waals surface area (Å²) in [6, 6.07) is 1.19. The van der Waals surface area contributed by atoms with E-state index >= 15 is 0 Å². The van der Waals surface area contributed by atoms with Crippen LogP contribution < -0.4 is 10.6 Å². The smallest absolute Gasteiger partial charge is 0.0497 e. The van der Waals surface area contributed by atoms with Crippen LogP contribution in [0.25, 0.3) is 0 Å². The summed E-state index contributed by atoms with van der Waals surface area (Å²) >= 11 is 1.91. The fourth-order valence-electron chi connectivity index (χ4n) is 2.42. The predicted molar refractivity (Wildman–Crippen MR) is 65.4 cm³/mol. The first-order valence-electron chi connectivity index (χ1n) is 5.59. The highest BCUT2D eigenvalue weighted by atomic mass is 32.2. The van der Waals surface area contributed by atoms with Crippen molar-refractivity contribution < 1.29 is 0 Å². The van der Waals surface area contributed by atoms with Gasteiger partial charge in [-0.25, -0.2) is 0 Å². The molecule has 0 aliphatic carbocycles. The monoisotopic (exact) mass is 220 g/mol. The molecule has 15 heavy (non-hydrogen) atoms. The van der Waals surface area contributed by atoms with Crippen LogP contribution in [-0.2, 0) is 0 Å². The van der Waals surface area contributed by atoms with Crippen molar-refractivity contribution in [3.63, 3.8) is 0 Å². The van der Waals surface area contributed by atoms with E-state index < -0.39 is 0 Å². The highest BCUT2D eigenvalue weighted by Gasteiger charge is 2.28. The van der Waals surface area contributed by atoms with Gasteiger partial charge in [-0.05, 0) is 24.4 Å². The summed E-state index contributed by atoms with van der Waals surface area (Å²) in [6.07, 6.45) is 11.3. The van der Waals surface area contributed by atoms with Crippen LogP contribution >= 0.6 is 11.8 Å². The predicted octanol–water partition coefficient (Wildman–Crippen LogP) is 1.98. The Balaban J connectivity index is 1.59. The molecule has 0 bridgehead atoms. The van der Waals surface area contributed by atoms with Gasteiger partial charge in [0.2, 0.25) is 0 Å². The van der Waals surface area contributed by atoms with Crippen LogP contribution in [0.1, 0.15) is 12.8 Å². The SMILES string of the molecule is C1=CNC(C2CC=C(C3C=CSC3)N2)C1. The van der Waals surface area contributed by atoms with Crippen LogP contribution in [0.3, 0.4) is 0 Å². The fourth-order valence-corrected chi connectivity index (χ4v) is 3.33. The Hall–Kier alpha value is -0.830. The van der Waals surface area contributed by atoms with Crippen LogP contribution in [0.5, 0.6) is 0 Å². The molecule has 3 rings (SSSR count). The van der Waals surface area contributed by atoms with Gasteiger partial charge in [-0.3, -0.25) is 0 Å². The lowest BCUT2D eigenvalue weighted by Gasteiger charge is -2.22. The second kappa shape index (κ2) is 3.97. The first-order chi connectivity index (χ1) is 7.43. The normalized spacial score (nSPS) is 37.9. The molecular formula is C12H16N2S. The lowest BCUT2D eigenvalue weighted by Crippen LogP contribution is -2.41. The summed E-state index contributed by atoms with van der Waals surface area (Å²) in [6.45, 7) is 0. The maximum atomic E-state index is 3.67. The third-order valence-electron chi connectivity index (χ3n) is 3.33. The van der Waals surface area contributed by atoms with Crippen LogP contribution in [0.2, 0.25) is 0 Å². The molecule has 0 aromatic rings. The maximum absolute atomic E-state index is 3.67. The molecule has 0 fully saturated rings. The third-order valence-corrected chi connectivity index (χ3v) is 4.23. The van der Waals surface area contributed by atoms with Crippen molar-refractivity contribution in [2.45, 2.75) is 24.9 Å². The molecule has 0 radical (unpaired) electrons. The van der Waals surface area contributed by atoms with E-state index in [0.717, 1.165) is 6.42 Å². The largest absolute Gasteiger partial charge is 0.386 e. The summed E-state index contributed by atoms with van der Waals surface area (Å²) < 4.78 is 0. The molecule has 0 amide bonds. The molecule has 3 atom stereocenters. The molecule has 2 N–H and O–H groups in total. The minimum atomic E-state index is 0.592. The lowest BCUT2D eigenvalue weighted by molar-refractivity contribution is 0.455. The summed E-state index contributed by atoms with van der Waals surface area (Å²) in [5.74, 6) is 1.84. The summed E-state index contributed by atoms with van der Waals surface area (Å²) in [5, 5.41) is 9.30. The average molecular weight is 220 g/mol. The number of allylic oxidation sites excluding steroid dienone is 1. The molecule has 3 heteroatoms. The second-order valence-corrected chi connectivity index (χ2v) is 5.26. The van der Waals surface area contributed by atoms with Crippen LogP contribution in [0, 0.1) is 5.92 Å². The van der Waals surface area contributed by atoms with Crippen LogP contribution in [0.4, 0.5) is 0 Å². The van der Waals surface area contributed by atoms with E-state index in [1.54, 1.807) is 0 Å². The lowest BCUT2D eigenvalue weighted by atomic mass is 10.1. The first-order valence-corrected chi connectivity index (χ1v) is 6.64. The number of thioether (sulfide) groups is 1. The van der Waals surface area contributed by atoms with Gasteiger partial charge in [0.05, 0.1) is 0 Å². The first kappa shape index (κ1) is 9.40. The Morgan fingerprint density at radius 1 is 1.27 bits per heavy atom.